The summed E-state index contributed by atoms with van der Waals surface area (Å²) in [5, 5.41) is 2.94. The minimum absolute atomic E-state index is 0.0969. The molecule has 1 heterocycles. The highest BCUT2D eigenvalue weighted by atomic mass is 16.2. The van der Waals surface area contributed by atoms with Crippen molar-refractivity contribution < 1.29 is 4.79 Å². The average molecular weight is 213 g/mol. The van der Waals surface area contributed by atoms with Crippen LogP contribution in [0.2, 0.25) is 0 Å². The number of hydrogen-bond acceptors (Lipinski definition) is 2. The lowest BCUT2D eigenvalue weighted by Gasteiger charge is -2.28. The van der Waals surface area contributed by atoms with Gasteiger partial charge in [0.1, 0.15) is 0 Å². The van der Waals surface area contributed by atoms with Gasteiger partial charge in [-0.1, -0.05) is 6.92 Å². The van der Waals surface area contributed by atoms with Gasteiger partial charge in [0.25, 0.3) is 0 Å². The first kappa shape index (κ1) is 12.3. The van der Waals surface area contributed by atoms with Crippen molar-refractivity contribution in [3.8, 4) is 0 Å². The van der Waals surface area contributed by atoms with Gasteiger partial charge in [-0.05, 0) is 33.4 Å². The number of carbonyl (C=O) groups excluding carboxylic acids is 1. The smallest absolute Gasteiger partial charge is 0.317 e. The van der Waals surface area contributed by atoms with Gasteiger partial charge in [-0.25, -0.2) is 4.79 Å². The van der Waals surface area contributed by atoms with E-state index in [0.29, 0.717) is 6.04 Å². The van der Waals surface area contributed by atoms with E-state index in [9.17, 15) is 4.79 Å². The van der Waals surface area contributed by atoms with Gasteiger partial charge in [0.05, 0.1) is 0 Å². The van der Waals surface area contributed by atoms with Crippen molar-refractivity contribution in [2.45, 2.75) is 32.7 Å². The van der Waals surface area contributed by atoms with Crippen LogP contribution < -0.4 is 5.32 Å². The van der Waals surface area contributed by atoms with Gasteiger partial charge in [0, 0.05) is 25.7 Å². The Bertz CT molecular complexity index is 208. The summed E-state index contributed by atoms with van der Waals surface area (Å²) in [5.41, 5.74) is 0. The van der Waals surface area contributed by atoms with E-state index in [2.05, 4.69) is 31.1 Å². The maximum absolute atomic E-state index is 11.8. The van der Waals surface area contributed by atoms with E-state index in [4.69, 9.17) is 0 Å². The molecule has 0 radical (unpaired) electrons. The minimum Gasteiger partial charge on any atom is -0.338 e. The molecule has 2 amide bonds. The summed E-state index contributed by atoms with van der Waals surface area (Å²) in [6.45, 7) is 7.90. The van der Waals surface area contributed by atoms with Gasteiger partial charge in [0.2, 0.25) is 0 Å². The second kappa shape index (κ2) is 5.95. The molecule has 1 aliphatic rings. The lowest BCUT2D eigenvalue weighted by molar-refractivity contribution is 0.177. The molecule has 1 N–H and O–H groups in total. The van der Waals surface area contributed by atoms with E-state index in [-0.39, 0.29) is 6.03 Å². The normalized spacial score (nSPS) is 23.7. The number of amides is 2. The maximum atomic E-state index is 11.8. The van der Waals surface area contributed by atoms with Gasteiger partial charge < -0.3 is 15.1 Å². The summed E-state index contributed by atoms with van der Waals surface area (Å²) >= 11 is 0. The molecule has 4 heteroatoms. The van der Waals surface area contributed by atoms with Gasteiger partial charge in [-0.15, -0.1) is 0 Å². The Labute approximate surface area is 92.6 Å². The predicted molar refractivity (Wildman–Crippen MR) is 62.0 cm³/mol. The van der Waals surface area contributed by atoms with Crippen LogP contribution >= 0.6 is 0 Å². The van der Waals surface area contributed by atoms with E-state index in [0.717, 1.165) is 39.0 Å². The topological polar surface area (TPSA) is 35.6 Å². The van der Waals surface area contributed by atoms with Crippen LogP contribution in [-0.2, 0) is 0 Å². The molecule has 0 aromatic heterocycles. The van der Waals surface area contributed by atoms with Crippen molar-refractivity contribution >= 4 is 6.03 Å². The summed E-state index contributed by atoms with van der Waals surface area (Å²) in [4.78, 5) is 16.1. The van der Waals surface area contributed by atoms with Crippen LogP contribution in [0.4, 0.5) is 4.79 Å². The number of likely N-dealkylation sites (N-methyl/N-ethyl adjacent to an activating group) is 1. The lowest BCUT2D eigenvalue weighted by atomic mass is 10.3. The zero-order valence-corrected chi connectivity index (χ0v) is 10.1. The molecular formula is C11H23N3O. The fourth-order valence-electron chi connectivity index (χ4n) is 2.01. The van der Waals surface area contributed by atoms with Crippen LogP contribution in [0.1, 0.15) is 26.7 Å². The second-order valence-electron chi connectivity index (χ2n) is 4.39. The molecule has 1 unspecified atom stereocenters. The Morgan fingerprint density at radius 1 is 1.47 bits per heavy atom. The number of hydrogen-bond donors (Lipinski definition) is 1. The SMILES string of the molecule is CCCNC(=O)N1CCCN(C)CC1C. The van der Waals surface area contributed by atoms with Gasteiger partial charge >= 0.3 is 6.03 Å². The molecule has 0 saturated carbocycles. The number of carbonyl (C=O) groups is 1. The Hall–Kier alpha value is -0.770. The van der Waals surface area contributed by atoms with Crippen LogP contribution in [0, 0.1) is 0 Å². The molecule has 0 bridgehead atoms. The van der Waals surface area contributed by atoms with Crippen molar-refractivity contribution in [3.63, 3.8) is 0 Å². The Morgan fingerprint density at radius 3 is 2.87 bits per heavy atom. The molecule has 1 atom stereocenters. The van der Waals surface area contributed by atoms with E-state index >= 15 is 0 Å². The third-order valence-electron chi connectivity index (χ3n) is 2.83. The fourth-order valence-corrected chi connectivity index (χ4v) is 2.01. The first-order valence-electron chi connectivity index (χ1n) is 5.88. The third-order valence-corrected chi connectivity index (χ3v) is 2.83. The van der Waals surface area contributed by atoms with E-state index in [1.165, 1.54) is 0 Å². The maximum Gasteiger partial charge on any atom is 0.317 e. The zero-order chi connectivity index (χ0) is 11.3. The van der Waals surface area contributed by atoms with Crippen LogP contribution in [0.3, 0.4) is 0 Å². The van der Waals surface area contributed by atoms with Crippen molar-refractivity contribution in [3.05, 3.63) is 0 Å². The fraction of sp³-hybridized carbons (Fsp3) is 0.909. The Balaban J connectivity index is 2.47. The van der Waals surface area contributed by atoms with Gasteiger partial charge in [-0.3, -0.25) is 0 Å². The third kappa shape index (κ3) is 3.70. The van der Waals surface area contributed by atoms with Crippen LogP contribution in [-0.4, -0.2) is 55.1 Å². The van der Waals surface area contributed by atoms with Crippen LogP contribution in [0.5, 0.6) is 0 Å². The largest absolute Gasteiger partial charge is 0.338 e. The molecule has 1 rings (SSSR count). The van der Waals surface area contributed by atoms with Crippen LogP contribution in [0.15, 0.2) is 0 Å². The molecule has 0 aromatic carbocycles. The number of nitrogens with one attached hydrogen (secondary N) is 1. The first-order chi connectivity index (χ1) is 7.15. The standard InChI is InChI=1S/C11H23N3O/c1-4-6-12-11(15)14-8-5-7-13(3)9-10(14)2/h10H,4-9H2,1-3H3,(H,12,15). The van der Waals surface area contributed by atoms with E-state index in [1.54, 1.807) is 0 Å². The quantitative estimate of drug-likeness (QED) is 0.746. The predicted octanol–water partition coefficient (Wildman–Crippen LogP) is 1.13. The highest BCUT2D eigenvalue weighted by Crippen LogP contribution is 2.08. The average Bonchev–Trinajstić information content (AvgIpc) is 2.35. The molecule has 1 aliphatic heterocycles. The van der Waals surface area contributed by atoms with E-state index in [1.807, 2.05) is 4.90 Å². The Morgan fingerprint density at radius 2 is 2.20 bits per heavy atom. The summed E-state index contributed by atoms with van der Waals surface area (Å²) in [5.74, 6) is 0. The molecule has 4 nitrogen and oxygen atoms in total. The number of rotatable bonds is 2. The molecule has 0 spiro atoms. The molecule has 88 valence electrons. The van der Waals surface area contributed by atoms with E-state index < -0.39 is 0 Å². The van der Waals surface area contributed by atoms with Gasteiger partial charge in [0.15, 0.2) is 0 Å². The zero-order valence-electron chi connectivity index (χ0n) is 10.1. The minimum atomic E-state index is 0.0969. The summed E-state index contributed by atoms with van der Waals surface area (Å²) in [7, 11) is 2.12. The van der Waals surface area contributed by atoms with Crippen molar-refractivity contribution in [1.82, 2.24) is 15.1 Å². The molecule has 15 heavy (non-hydrogen) atoms. The van der Waals surface area contributed by atoms with Crippen molar-refractivity contribution in [1.29, 1.82) is 0 Å². The van der Waals surface area contributed by atoms with Crippen molar-refractivity contribution in [2.75, 3.05) is 33.2 Å². The molecular weight excluding hydrogens is 190 g/mol. The summed E-state index contributed by atoms with van der Waals surface area (Å²) in [6, 6.07) is 0.411. The Kier molecular flexibility index (Phi) is 4.88. The number of nitrogens with zero attached hydrogens (tertiary/aromatic N) is 2. The lowest BCUT2D eigenvalue weighted by Crippen LogP contribution is -2.47. The summed E-state index contributed by atoms with van der Waals surface area (Å²) in [6.07, 6.45) is 2.06. The van der Waals surface area contributed by atoms with Crippen LogP contribution in [0.25, 0.3) is 0 Å². The molecule has 0 aliphatic carbocycles. The first-order valence-corrected chi connectivity index (χ1v) is 5.88. The second-order valence-corrected chi connectivity index (χ2v) is 4.39. The monoisotopic (exact) mass is 213 g/mol. The van der Waals surface area contributed by atoms with Gasteiger partial charge in [-0.2, -0.15) is 0 Å². The number of urea groups is 1. The highest BCUT2D eigenvalue weighted by molar-refractivity contribution is 5.74. The summed E-state index contributed by atoms with van der Waals surface area (Å²) < 4.78 is 0. The highest BCUT2D eigenvalue weighted by Gasteiger charge is 2.23. The molecule has 1 saturated heterocycles. The van der Waals surface area contributed by atoms with Crippen molar-refractivity contribution in [2.24, 2.45) is 0 Å². The molecule has 0 aromatic rings. The molecule has 1 fully saturated rings.